The van der Waals surface area contributed by atoms with Gasteiger partial charge in [-0.05, 0) is 12.3 Å². The van der Waals surface area contributed by atoms with Crippen LogP contribution in [-0.4, -0.2) is 33.5 Å². The standard InChI is InChI=1S/C14H17N3O3S2/c1-8(2)7-9-11(12(20)15-4-3-10(18)19)17-14(22-9)13-16-5-6-21-13/h5-6,8H,3-4,7H2,1-2H3,(H,15,20)(H,18,19). The molecular weight excluding hydrogens is 322 g/mol. The van der Waals surface area contributed by atoms with Gasteiger partial charge in [0.2, 0.25) is 0 Å². The molecule has 0 saturated heterocycles. The summed E-state index contributed by atoms with van der Waals surface area (Å²) in [6, 6.07) is 0. The van der Waals surface area contributed by atoms with Crippen LogP contribution >= 0.6 is 22.7 Å². The fraction of sp³-hybridized carbons (Fsp3) is 0.429. The van der Waals surface area contributed by atoms with Crippen molar-refractivity contribution in [1.29, 1.82) is 0 Å². The van der Waals surface area contributed by atoms with Crippen LogP contribution < -0.4 is 5.32 Å². The van der Waals surface area contributed by atoms with Crippen LogP contribution in [0.2, 0.25) is 0 Å². The molecule has 0 aliphatic rings. The largest absolute Gasteiger partial charge is 0.481 e. The average Bonchev–Trinajstić information content (AvgIpc) is 3.05. The summed E-state index contributed by atoms with van der Waals surface area (Å²) in [5.74, 6) is -0.865. The highest BCUT2D eigenvalue weighted by Gasteiger charge is 2.20. The summed E-state index contributed by atoms with van der Waals surface area (Å²) in [7, 11) is 0. The molecule has 2 N–H and O–H groups in total. The third-order valence-corrected chi connectivity index (χ3v) is 4.74. The number of aromatic nitrogens is 2. The average molecular weight is 339 g/mol. The van der Waals surface area contributed by atoms with Crippen molar-refractivity contribution < 1.29 is 14.7 Å². The molecule has 22 heavy (non-hydrogen) atoms. The molecule has 0 unspecified atom stereocenters. The number of thiazole rings is 2. The lowest BCUT2D eigenvalue weighted by molar-refractivity contribution is -0.136. The number of carboxylic acids is 1. The molecule has 1 amide bonds. The first kappa shape index (κ1) is 16.6. The third kappa shape index (κ3) is 4.35. The van der Waals surface area contributed by atoms with E-state index in [1.54, 1.807) is 6.20 Å². The molecule has 0 aromatic carbocycles. The van der Waals surface area contributed by atoms with E-state index in [1.807, 2.05) is 5.38 Å². The van der Waals surface area contributed by atoms with Crippen molar-refractivity contribution in [2.24, 2.45) is 5.92 Å². The Labute approximate surface area is 136 Å². The van der Waals surface area contributed by atoms with Gasteiger partial charge in [0.15, 0.2) is 10.0 Å². The van der Waals surface area contributed by atoms with E-state index in [-0.39, 0.29) is 18.9 Å². The summed E-state index contributed by atoms with van der Waals surface area (Å²) in [5.41, 5.74) is 0.384. The van der Waals surface area contributed by atoms with Crippen LogP contribution in [0.15, 0.2) is 11.6 Å². The number of carboxylic acid groups (broad SMARTS) is 1. The predicted molar refractivity (Wildman–Crippen MR) is 86.4 cm³/mol. The Morgan fingerprint density at radius 1 is 1.36 bits per heavy atom. The van der Waals surface area contributed by atoms with Crippen molar-refractivity contribution >= 4 is 34.6 Å². The zero-order chi connectivity index (χ0) is 16.1. The Hall–Kier alpha value is -1.80. The fourth-order valence-corrected chi connectivity index (χ4v) is 3.78. The van der Waals surface area contributed by atoms with E-state index in [4.69, 9.17) is 5.11 Å². The molecule has 2 aromatic heterocycles. The molecule has 2 rings (SSSR count). The molecule has 0 atom stereocenters. The van der Waals surface area contributed by atoms with E-state index in [2.05, 4.69) is 29.1 Å². The second kappa shape index (κ2) is 7.46. The van der Waals surface area contributed by atoms with Gasteiger partial charge < -0.3 is 10.4 Å². The molecule has 8 heteroatoms. The Bertz CT molecular complexity index is 650. The minimum Gasteiger partial charge on any atom is -0.481 e. The van der Waals surface area contributed by atoms with Gasteiger partial charge in [-0.25, -0.2) is 9.97 Å². The molecule has 0 aliphatic carbocycles. The number of hydrogen-bond acceptors (Lipinski definition) is 6. The molecule has 6 nitrogen and oxygen atoms in total. The summed E-state index contributed by atoms with van der Waals surface area (Å²) in [4.78, 5) is 32.3. The van der Waals surface area contributed by atoms with Crippen molar-refractivity contribution in [1.82, 2.24) is 15.3 Å². The Morgan fingerprint density at radius 2 is 2.14 bits per heavy atom. The number of nitrogens with zero attached hydrogens (tertiary/aromatic N) is 2. The number of nitrogens with one attached hydrogen (secondary N) is 1. The van der Waals surface area contributed by atoms with Gasteiger partial charge in [-0.3, -0.25) is 9.59 Å². The lowest BCUT2D eigenvalue weighted by Crippen LogP contribution is -2.27. The van der Waals surface area contributed by atoms with Crippen molar-refractivity contribution in [3.05, 3.63) is 22.1 Å². The molecule has 0 fully saturated rings. The van der Waals surface area contributed by atoms with E-state index in [9.17, 15) is 9.59 Å². The van der Waals surface area contributed by atoms with Crippen LogP contribution in [0.3, 0.4) is 0 Å². The van der Waals surface area contributed by atoms with E-state index in [0.717, 1.165) is 21.3 Å². The van der Waals surface area contributed by atoms with E-state index in [0.29, 0.717) is 11.6 Å². The summed E-state index contributed by atoms with van der Waals surface area (Å²) >= 11 is 2.95. The maximum absolute atomic E-state index is 12.2. The number of carbonyl (C=O) groups excluding carboxylic acids is 1. The van der Waals surface area contributed by atoms with Crippen LogP contribution in [0.5, 0.6) is 0 Å². The maximum Gasteiger partial charge on any atom is 0.305 e. The summed E-state index contributed by atoms with van der Waals surface area (Å²) in [6.45, 7) is 4.25. The molecule has 0 bridgehead atoms. The van der Waals surface area contributed by atoms with Gasteiger partial charge in [-0.15, -0.1) is 22.7 Å². The highest BCUT2D eigenvalue weighted by atomic mass is 32.1. The summed E-state index contributed by atoms with van der Waals surface area (Å²) in [5, 5.41) is 14.6. The fourth-order valence-electron chi connectivity index (χ4n) is 1.83. The monoisotopic (exact) mass is 339 g/mol. The van der Waals surface area contributed by atoms with Gasteiger partial charge >= 0.3 is 5.97 Å². The summed E-state index contributed by atoms with van der Waals surface area (Å²) in [6.07, 6.45) is 2.36. The van der Waals surface area contributed by atoms with Crippen LogP contribution in [0, 0.1) is 5.92 Å². The van der Waals surface area contributed by atoms with Gasteiger partial charge in [-0.1, -0.05) is 13.8 Å². The van der Waals surface area contributed by atoms with E-state index in [1.165, 1.54) is 22.7 Å². The van der Waals surface area contributed by atoms with Gasteiger partial charge in [-0.2, -0.15) is 0 Å². The first-order chi connectivity index (χ1) is 10.5. The lowest BCUT2D eigenvalue weighted by Gasteiger charge is -2.05. The SMILES string of the molecule is CC(C)Cc1sc(-c2nccs2)nc1C(=O)NCCC(=O)O. The number of carbonyl (C=O) groups is 2. The van der Waals surface area contributed by atoms with Crippen LogP contribution in [0.1, 0.15) is 35.6 Å². The lowest BCUT2D eigenvalue weighted by atomic mass is 10.1. The van der Waals surface area contributed by atoms with E-state index < -0.39 is 5.97 Å². The first-order valence-electron chi connectivity index (χ1n) is 6.87. The molecule has 0 aliphatic heterocycles. The Kier molecular flexibility index (Phi) is 5.62. The van der Waals surface area contributed by atoms with Crippen LogP contribution in [0.25, 0.3) is 10.0 Å². The minimum absolute atomic E-state index is 0.0966. The Morgan fingerprint density at radius 3 is 2.73 bits per heavy atom. The highest BCUT2D eigenvalue weighted by molar-refractivity contribution is 7.20. The summed E-state index contributed by atoms with van der Waals surface area (Å²) < 4.78 is 0. The van der Waals surface area contributed by atoms with Gasteiger partial charge in [0.05, 0.1) is 6.42 Å². The topological polar surface area (TPSA) is 92.2 Å². The number of aliphatic carboxylic acids is 1. The normalized spacial score (nSPS) is 10.9. The molecule has 2 aromatic rings. The van der Waals surface area contributed by atoms with Crippen molar-refractivity contribution in [2.45, 2.75) is 26.7 Å². The third-order valence-electron chi connectivity index (χ3n) is 2.75. The van der Waals surface area contributed by atoms with Crippen LogP contribution in [-0.2, 0) is 11.2 Å². The molecule has 2 heterocycles. The molecular formula is C14H17N3O3S2. The molecule has 0 radical (unpaired) electrons. The number of hydrogen-bond donors (Lipinski definition) is 2. The van der Waals surface area contributed by atoms with Crippen molar-refractivity contribution in [3.8, 4) is 10.0 Å². The number of rotatable bonds is 7. The second-order valence-electron chi connectivity index (χ2n) is 5.13. The molecule has 118 valence electrons. The van der Waals surface area contributed by atoms with Gasteiger partial charge in [0, 0.05) is 23.0 Å². The van der Waals surface area contributed by atoms with Crippen molar-refractivity contribution in [3.63, 3.8) is 0 Å². The quantitative estimate of drug-likeness (QED) is 0.809. The minimum atomic E-state index is -0.940. The van der Waals surface area contributed by atoms with Crippen molar-refractivity contribution in [2.75, 3.05) is 6.54 Å². The van der Waals surface area contributed by atoms with Gasteiger partial charge in [0.25, 0.3) is 5.91 Å². The van der Waals surface area contributed by atoms with Gasteiger partial charge in [0.1, 0.15) is 5.69 Å². The smallest absolute Gasteiger partial charge is 0.305 e. The number of amides is 1. The molecule has 0 spiro atoms. The first-order valence-corrected chi connectivity index (χ1v) is 8.56. The molecule has 0 saturated carbocycles. The maximum atomic E-state index is 12.2. The second-order valence-corrected chi connectivity index (χ2v) is 7.10. The zero-order valence-electron chi connectivity index (χ0n) is 12.3. The predicted octanol–water partition coefficient (Wildman–Crippen LogP) is 2.67. The Balaban J connectivity index is 2.20. The van der Waals surface area contributed by atoms with E-state index >= 15 is 0 Å². The van der Waals surface area contributed by atoms with Crippen LogP contribution in [0.4, 0.5) is 0 Å². The highest BCUT2D eigenvalue weighted by Crippen LogP contribution is 2.31. The zero-order valence-corrected chi connectivity index (χ0v) is 14.0.